The molecule has 2 aromatic rings. The molecule has 5 nitrogen and oxygen atoms in total. The normalized spacial score (nSPS) is 18.3. The summed E-state index contributed by atoms with van der Waals surface area (Å²) in [7, 11) is 0. The van der Waals surface area contributed by atoms with Gasteiger partial charge in [0.1, 0.15) is 0 Å². The molecule has 0 radical (unpaired) electrons. The fourth-order valence-corrected chi connectivity index (χ4v) is 4.82. The average Bonchev–Trinajstić information content (AvgIpc) is 2.75. The van der Waals surface area contributed by atoms with Gasteiger partial charge in [0.05, 0.1) is 21.8 Å². The van der Waals surface area contributed by atoms with Gasteiger partial charge in [-0.05, 0) is 42.2 Å². The van der Waals surface area contributed by atoms with E-state index in [2.05, 4.69) is 15.9 Å². The Morgan fingerprint density at radius 1 is 1.07 bits per heavy atom. The third-order valence-electron chi connectivity index (χ3n) is 6.06. The van der Waals surface area contributed by atoms with E-state index in [0.29, 0.717) is 16.6 Å². The predicted molar refractivity (Wildman–Crippen MR) is 123 cm³/mol. The Hall–Kier alpha value is -1.79. The SMILES string of the molecule is CC(=O)N1CCCc2cc([C@H](O)CN3CCN(c4cccc(Cl)c4Cl)CC3)ccc21. The van der Waals surface area contributed by atoms with Gasteiger partial charge in [-0.3, -0.25) is 9.69 Å². The zero-order valence-corrected chi connectivity index (χ0v) is 18.7. The molecule has 30 heavy (non-hydrogen) atoms. The Labute approximate surface area is 187 Å². The molecule has 0 unspecified atom stereocenters. The van der Waals surface area contributed by atoms with E-state index in [4.69, 9.17) is 23.2 Å². The number of hydrogen-bond acceptors (Lipinski definition) is 4. The van der Waals surface area contributed by atoms with E-state index in [9.17, 15) is 9.90 Å². The standard InChI is InChI=1S/C23H27Cl2N3O2/c1-16(29)28-9-3-4-17-14-18(7-8-20(17)28)22(30)15-26-10-12-27(13-11-26)21-6-2-5-19(24)23(21)25/h2,5-8,14,22,30H,3-4,9-13,15H2,1H3/t22-/m1/s1. The number of benzene rings is 2. The molecule has 7 heteroatoms. The minimum atomic E-state index is -0.552. The number of anilines is 2. The first-order chi connectivity index (χ1) is 14.4. The maximum Gasteiger partial charge on any atom is 0.223 e. The summed E-state index contributed by atoms with van der Waals surface area (Å²) < 4.78 is 0. The first-order valence-electron chi connectivity index (χ1n) is 10.4. The van der Waals surface area contributed by atoms with E-state index < -0.39 is 6.10 Å². The second kappa shape index (κ2) is 9.15. The third kappa shape index (κ3) is 4.45. The lowest BCUT2D eigenvalue weighted by Gasteiger charge is -2.37. The number of aliphatic hydroxyl groups is 1. The summed E-state index contributed by atoms with van der Waals surface area (Å²) >= 11 is 12.5. The molecule has 0 aromatic heterocycles. The van der Waals surface area contributed by atoms with Gasteiger partial charge in [0, 0.05) is 51.9 Å². The molecule has 1 atom stereocenters. The van der Waals surface area contributed by atoms with Crippen molar-refractivity contribution in [3.05, 3.63) is 57.6 Å². The molecule has 1 saturated heterocycles. The number of aliphatic hydroxyl groups excluding tert-OH is 1. The van der Waals surface area contributed by atoms with Crippen LogP contribution in [-0.2, 0) is 11.2 Å². The second-order valence-electron chi connectivity index (χ2n) is 8.04. The number of hydrogen-bond donors (Lipinski definition) is 1. The molecule has 2 aromatic carbocycles. The molecular formula is C23H27Cl2N3O2. The molecule has 0 bridgehead atoms. The number of carbonyl (C=O) groups excluding carboxylic acids is 1. The summed E-state index contributed by atoms with van der Waals surface area (Å²) in [5, 5.41) is 12.0. The molecule has 1 amide bonds. The molecule has 0 saturated carbocycles. The van der Waals surface area contributed by atoms with Crippen LogP contribution in [0.25, 0.3) is 0 Å². The molecule has 4 rings (SSSR count). The van der Waals surface area contributed by atoms with Crippen LogP contribution in [0.2, 0.25) is 10.0 Å². The summed E-state index contributed by atoms with van der Waals surface area (Å²) in [5.41, 5.74) is 4.01. The Kier molecular flexibility index (Phi) is 6.54. The van der Waals surface area contributed by atoms with Crippen molar-refractivity contribution in [2.24, 2.45) is 0 Å². The summed E-state index contributed by atoms with van der Waals surface area (Å²) in [6.45, 7) is 6.34. The zero-order chi connectivity index (χ0) is 21.3. The van der Waals surface area contributed by atoms with Crippen LogP contribution in [0.5, 0.6) is 0 Å². The number of nitrogens with zero attached hydrogens (tertiary/aromatic N) is 3. The van der Waals surface area contributed by atoms with Crippen molar-refractivity contribution in [1.82, 2.24) is 4.90 Å². The Morgan fingerprint density at radius 2 is 1.83 bits per heavy atom. The van der Waals surface area contributed by atoms with Gasteiger partial charge in [0.25, 0.3) is 0 Å². The van der Waals surface area contributed by atoms with E-state index in [0.717, 1.165) is 68.1 Å². The maximum atomic E-state index is 11.9. The summed E-state index contributed by atoms with van der Waals surface area (Å²) in [4.78, 5) is 18.2. The molecule has 2 aliphatic rings. The molecule has 2 heterocycles. The van der Waals surface area contributed by atoms with Crippen LogP contribution in [0.1, 0.15) is 30.6 Å². The number of aryl methyl sites for hydroxylation is 1. The van der Waals surface area contributed by atoms with Gasteiger partial charge in [-0.2, -0.15) is 0 Å². The third-order valence-corrected chi connectivity index (χ3v) is 6.87. The molecule has 0 spiro atoms. The number of carbonyl (C=O) groups is 1. The van der Waals surface area contributed by atoms with Crippen LogP contribution in [-0.4, -0.2) is 55.2 Å². The highest BCUT2D eigenvalue weighted by molar-refractivity contribution is 6.43. The van der Waals surface area contributed by atoms with E-state index in [1.165, 1.54) is 0 Å². The number of halogens is 2. The van der Waals surface area contributed by atoms with E-state index in [1.54, 1.807) is 13.0 Å². The molecule has 0 aliphatic carbocycles. The second-order valence-corrected chi connectivity index (χ2v) is 8.82. The highest BCUT2D eigenvalue weighted by Gasteiger charge is 2.24. The predicted octanol–water partition coefficient (Wildman–Crippen LogP) is 4.15. The van der Waals surface area contributed by atoms with Crippen molar-refractivity contribution in [2.75, 3.05) is 49.1 Å². The number of β-amino-alcohol motifs (C(OH)–C–C–N with tert-alkyl or cyclic N) is 1. The van der Waals surface area contributed by atoms with Crippen LogP contribution in [0.3, 0.4) is 0 Å². The van der Waals surface area contributed by atoms with Gasteiger partial charge in [-0.1, -0.05) is 41.4 Å². The highest BCUT2D eigenvalue weighted by Crippen LogP contribution is 2.33. The lowest BCUT2D eigenvalue weighted by Crippen LogP contribution is -2.47. The topological polar surface area (TPSA) is 47.0 Å². The van der Waals surface area contributed by atoms with Gasteiger partial charge >= 0.3 is 0 Å². The fourth-order valence-electron chi connectivity index (χ4n) is 4.41. The van der Waals surface area contributed by atoms with Gasteiger partial charge in [-0.25, -0.2) is 0 Å². The highest BCUT2D eigenvalue weighted by atomic mass is 35.5. The Bertz CT molecular complexity index is 929. The van der Waals surface area contributed by atoms with Crippen molar-refractivity contribution in [3.63, 3.8) is 0 Å². The van der Waals surface area contributed by atoms with Crippen LogP contribution >= 0.6 is 23.2 Å². The molecule has 160 valence electrons. The monoisotopic (exact) mass is 447 g/mol. The summed E-state index contributed by atoms with van der Waals surface area (Å²) in [6, 6.07) is 11.7. The Morgan fingerprint density at radius 3 is 2.57 bits per heavy atom. The minimum absolute atomic E-state index is 0.0712. The van der Waals surface area contributed by atoms with Crippen molar-refractivity contribution in [1.29, 1.82) is 0 Å². The average molecular weight is 448 g/mol. The zero-order valence-electron chi connectivity index (χ0n) is 17.2. The first kappa shape index (κ1) is 21.4. The number of fused-ring (bicyclic) bond motifs is 1. The Balaban J connectivity index is 1.38. The van der Waals surface area contributed by atoms with E-state index in [-0.39, 0.29) is 5.91 Å². The lowest BCUT2D eigenvalue weighted by atomic mass is 9.97. The maximum absolute atomic E-state index is 11.9. The summed E-state index contributed by atoms with van der Waals surface area (Å²) in [5.74, 6) is 0.0712. The molecular weight excluding hydrogens is 421 g/mol. The van der Waals surface area contributed by atoms with Gasteiger partial charge in [-0.15, -0.1) is 0 Å². The van der Waals surface area contributed by atoms with E-state index >= 15 is 0 Å². The van der Waals surface area contributed by atoms with Crippen LogP contribution < -0.4 is 9.80 Å². The van der Waals surface area contributed by atoms with Crippen LogP contribution in [0, 0.1) is 0 Å². The van der Waals surface area contributed by atoms with E-state index in [1.807, 2.05) is 29.2 Å². The molecule has 1 fully saturated rings. The lowest BCUT2D eigenvalue weighted by molar-refractivity contribution is -0.116. The number of piperazine rings is 1. The van der Waals surface area contributed by atoms with Crippen LogP contribution in [0.4, 0.5) is 11.4 Å². The van der Waals surface area contributed by atoms with Crippen molar-refractivity contribution < 1.29 is 9.90 Å². The van der Waals surface area contributed by atoms with Gasteiger partial charge in [0.15, 0.2) is 0 Å². The number of amides is 1. The van der Waals surface area contributed by atoms with Crippen LogP contribution in [0.15, 0.2) is 36.4 Å². The summed E-state index contributed by atoms with van der Waals surface area (Å²) in [6.07, 6.45) is 1.35. The molecule has 1 N–H and O–H groups in total. The fraction of sp³-hybridized carbons (Fsp3) is 0.435. The van der Waals surface area contributed by atoms with Crippen molar-refractivity contribution in [2.45, 2.75) is 25.9 Å². The van der Waals surface area contributed by atoms with Crippen molar-refractivity contribution in [3.8, 4) is 0 Å². The minimum Gasteiger partial charge on any atom is -0.387 e. The molecule has 2 aliphatic heterocycles. The van der Waals surface area contributed by atoms with Gasteiger partial charge < -0.3 is 14.9 Å². The van der Waals surface area contributed by atoms with Crippen molar-refractivity contribution >= 4 is 40.5 Å². The van der Waals surface area contributed by atoms with Gasteiger partial charge in [0.2, 0.25) is 5.91 Å². The first-order valence-corrected chi connectivity index (χ1v) is 11.2. The smallest absolute Gasteiger partial charge is 0.223 e. The quantitative estimate of drug-likeness (QED) is 0.764. The number of rotatable bonds is 4. The largest absolute Gasteiger partial charge is 0.387 e.